The first-order valence-corrected chi connectivity index (χ1v) is 6.34. The van der Waals surface area contributed by atoms with Crippen LogP contribution in [0.1, 0.15) is 33.1 Å². The Morgan fingerprint density at radius 3 is 3.05 bits per heavy atom. The Labute approximate surface area is 116 Å². The second-order valence-electron chi connectivity index (χ2n) is 4.55. The van der Waals surface area contributed by atoms with Gasteiger partial charge in [0.25, 0.3) is 0 Å². The lowest BCUT2D eigenvalue weighted by Gasteiger charge is -2.08. The number of nitrogens with one attached hydrogen (secondary N) is 1. The highest BCUT2D eigenvalue weighted by Crippen LogP contribution is 2.18. The van der Waals surface area contributed by atoms with Gasteiger partial charge in [-0.3, -0.25) is 4.98 Å². The predicted octanol–water partition coefficient (Wildman–Crippen LogP) is 0.852. The van der Waals surface area contributed by atoms with Crippen molar-refractivity contribution in [2.24, 2.45) is 0 Å². The fourth-order valence-corrected chi connectivity index (χ4v) is 2.25. The van der Waals surface area contributed by atoms with Crippen LogP contribution in [0.2, 0.25) is 0 Å². The van der Waals surface area contributed by atoms with Crippen LogP contribution in [0.15, 0.2) is 24.5 Å². The molecule has 3 rings (SSSR count). The van der Waals surface area contributed by atoms with Crippen LogP contribution in [0.4, 0.5) is 0 Å². The summed E-state index contributed by atoms with van der Waals surface area (Å²) in [5.41, 5.74) is 3.08. The number of methoxy groups -OCH3 is 1. The first-order valence-electron chi connectivity index (χ1n) is 6.34. The number of pyridine rings is 1. The first-order chi connectivity index (χ1) is 9.78. The van der Waals surface area contributed by atoms with E-state index in [0.717, 1.165) is 16.8 Å². The van der Waals surface area contributed by atoms with Gasteiger partial charge >= 0.3 is 5.97 Å². The summed E-state index contributed by atoms with van der Waals surface area (Å²) < 4.78 is 4.80. The minimum atomic E-state index is -0.417. The number of ether oxygens (including phenoxy) is 1. The van der Waals surface area contributed by atoms with Crippen molar-refractivity contribution in [3.63, 3.8) is 0 Å². The van der Waals surface area contributed by atoms with Crippen molar-refractivity contribution in [3.8, 4) is 0 Å². The molecule has 1 aliphatic rings. The summed E-state index contributed by atoms with van der Waals surface area (Å²) in [6, 6.07) is 3.82. The van der Waals surface area contributed by atoms with Gasteiger partial charge in [0.1, 0.15) is 5.82 Å². The Balaban J connectivity index is 1.98. The lowest BCUT2D eigenvalue weighted by molar-refractivity contribution is 0.0592. The quantitative estimate of drug-likeness (QED) is 0.833. The molecule has 0 bridgehead atoms. The van der Waals surface area contributed by atoms with E-state index in [1.807, 2.05) is 12.1 Å². The first kappa shape index (κ1) is 12.7. The Morgan fingerprint density at radius 1 is 1.40 bits per heavy atom. The maximum Gasteiger partial charge on any atom is 0.357 e. The van der Waals surface area contributed by atoms with E-state index in [0.29, 0.717) is 31.0 Å². The molecule has 6 nitrogen and oxygen atoms in total. The highest BCUT2D eigenvalue weighted by molar-refractivity contribution is 5.89. The van der Waals surface area contributed by atoms with Gasteiger partial charge in [0.2, 0.25) is 0 Å². The van der Waals surface area contributed by atoms with Crippen LogP contribution >= 0.6 is 0 Å². The number of carbonyl (C=O) groups is 1. The van der Waals surface area contributed by atoms with Gasteiger partial charge in [0, 0.05) is 37.5 Å². The lowest BCUT2D eigenvalue weighted by atomic mass is 10.1. The molecule has 1 N–H and O–H groups in total. The Morgan fingerprint density at radius 2 is 2.30 bits per heavy atom. The molecule has 0 atom stereocenters. The highest BCUT2D eigenvalue weighted by Gasteiger charge is 2.23. The van der Waals surface area contributed by atoms with E-state index in [1.165, 1.54) is 7.11 Å². The zero-order valence-electron chi connectivity index (χ0n) is 11.1. The van der Waals surface area contributed by atoms with Gasteiger partial charge in [0.15, 0.2) is 5.69 Å². The van der Waals surface area contributed by atoms with E-state index in [2.05, 4.69) is 20.3 Å². The van der Waals surface area contributed by atoms with Crippen molar-refractivity contribution in [1.82, 2.24) is 20.3 Å². The van der Waals surface area contributed by atoms with Crippen LogP contribution in [0.25, 0.3) is 0 Å². The summed E-state index contributed by atoms with van der Waals surface area (Å²) in [6.07, 6.45) is 4.04. The van der Waals surface area contributed by atoms with Crippen molar-refractivity contribution in [1.29, 1.82) is 0 Å². The molecule has 0 unspecified atom stereocenters. The molecule has 0 saturated heterocycles. The summed E-state index contributed by atoms with van der Waals surface area (Å²) in [7, 11) is 1.36. The molecule has 20 heavy (non-hydrogen) atoms. The number of nitrogens with zero attached hydrogens (tertiary/aromatic N) is 3. The molecule has 102 valence electrons. The summed E-state index contributed by atoms with van der Waals surface area (Å²) in [6.45, 7) is 1.26. The molecule has 0 fully saturated rings. The van der Waals surface area contributed by atoms with E-state index < -0.39 is 5.97 Å². The maximum absolute atomic E-state index is 11.8. The van der Waals surface area contributed by atoms with Crippen LogP contribution in [0, 0.1) is 0 Å². The largest absolute Gasteiger partial charge is 0.464 e. The third kappa shape index (κ3) is 2.37. The van der Waals surface area contributed by atoms with E-state index in [9.17, 15) is 4.79 Å². The summed E-state index contributed by atoms with van der Waals surface area (Å²) in [4.78, 5) is 24.8. The van der Waals surface area contributed by atoms with Crippen molar-refractivity contribution in [2.45, 2.75) is 19.5 Å². The summed E-state index contributed by atoms with van der Waals surface area (Å²) in [5.74, 6) is 0.195. The van der Waals surface area contributed by atoms with Crippen LogP contribution in [0.3, 0.4) is 0 Å². The van der Waals surface area contributed by atoms with Gasteiger partial charge in [-0.15, -0.1) is 0 Å². The topological polar surface area (TPSA) is 77.0 Å². The maximum atomic E-state index is 11.8. The number of hydrogen-bond acceptors (Lipinski definition) is 6. The zero-order valence-corrected chi connectivity index (χ0v) is 11.1. The van der Waals surface area contributed by atoms with Gasteiger partial charge in [0.05, 0.1) is 12.8 Å². The molecular formula is C14H14N4O2. The number of hydrogen-bond donors (Lipinski definition) is 1. The van der Waals surface area contributed by atoms with E-state index >= 15 is 0 Å². The monoisotopic (exact) mass is 270 g/mol. The smallest absolute Gasteiger partial charge is 0.357 e. The van der Waals surface area contributed by atoms with Gasteiger partial charge in [-0.1, -0.05) is 6.07 Å². The molecule has 0 aromatic carbocycles. The third-order valence-electron chi connectivity index (χ3n) is 3.20. The number of aromatic nitrogens is 3. The summed E-state index contributed by atoms with van der Waals surface area (Å²) in [5, 5.41) is 3.18. The second-order valence-corrected chi connectivity index (χ2v) is 4.55. The predicted molar refractivity (Wildman–Crippen MR) is 71.0 cm³/mol. The Hall–Kier alpha value is -2.34. The molecule has 0 amide bonds. The van der Waals surface area contributed by atoms with Crippen molar-refractivity contribution < 1.29 is 9.53 Å². The van der Waals surface area contributed by atoms with Crippen LogP contribution in [-0.2, 0) is 24.2 Å². The molecule has 6 heteroatoms. The Kier molecular flexibility index (Phi) is 3.39. The number of fused-ring (bicyclic) bond motifs is 1. The Bertz CT molecular complexity index is 643. The highest BCUT2D eigenvalue weighted by atomic mass is 16.5. The van der Waals surface area contributed by atoms with Crippen molar-refractivity contribution in [2.75, 3.05) is 7.11 Å². The lowest BCUT2D eigenvalue weighted by Crippen LogP contribution is -2.13. The van der Waals surface area contributed by atoms with E-state index in [1.54, 1.807) is 12.4 Å². The fraction of sp³-hybridized carbons (Fsp3) is 0.286. The van der Waals surface area contributed by atoms with Gasteiger partial charge in [-0.05, 0) is 11.6 Å². The van der Waals surface area contributed by atoms with Crippen molar-refractivity contribution >= 4 is 5.97 Å². The average molecular weight is 270 g/mol. The fourth-order valence-electron chi connectivity index (χ4n) is 2.25. The van der Waals surface area contributed by atoms with Gasteiger partial charge < -0.3 is 10.1 Å². The molecule has 0 spiro atoms. The normalized spacial score (nSPS) is 13.1. The standard InChI is InChI=1S/C14H14N4O2/c1-20-14(19)13-10-7-16-8-11(10)17-12(18-13)5-9-3-2-4-15-6-9/h2-4,6,16H,5,7-8H2,1H3. The van der Waals surface area contributed by atoms with Crippen LogP contribution in [0.5, 0.6) is 0 Å². The van der Waals surface area contributed by atoms with Crippen LogP contribution < -0.4 is 5.32 Å². The second kappa shape index (κ2) is 5.34. The molecule has 1 aliphatic heterocycles. The zero-order chi connectivity index (χ0) is 13.9. The van der Waals surface area contributed by atoms with Crippen molar-refractivity contribution in [3.05, 3.63) is 52.9 Å². The van der Waals surface area contributed by atoms with Crippen LogP contribution in [-0.4, -0.2) is 28.0 Å². The molecule has 2 aromatic rings. The molecule has 0 radical (unpaired) electrons. The number of carbonyl (C=O) groups excluding carboxylic acids is 1. The number of esters is 1. The molecule has 2 aromatic heterocycles. The molecule has 3 heterocycles. The molecule has 0 aliphatic carbocycles. The van der Waals surface area contributed by atoms with E-state index in [-0.39, 0.29) is 0 Å². The average Bonchev–Trinajstić information content (AvgIpc) is 2.95. The SMILES string of the molecule is COC(=O)c1nc(Cc2cccnc2)nc2c1CNC2. The minimum absolute atomic E-state index is 0.362. The molecular weight excluding hydrogens is 256 g/mol. The van der Waals surface area contributed by atoms with Gasteiger partial charge in [-0.2, -0.15) is 0 Å². The summed E-state index contributed by atoms with van der Waals surface area (Å²) >= 11 is 0. The number of rotatable bonds is 3. The minimum Gasteiger partial charge on any atom is -0.464 e. The van der Waals surface area contributed by atoms with E-state index in [4.69, 9.17) is 4.74 Å². The van der Waals surface area contributed by atoms with Gasteiger partial charge in [-0.25, -0.2) is 14.8 Å². The molecule has 0 saturated carbocycles. The third-order valence-corrected chi connectivity index (χ3v) is 3.20.